The SMILES string of the molecule is CNC(c1cc(C)cc(F)c1)c1ccccc1OC(C)C. The molecule has 0 spiro atoms. The average Bonchev–Trinajstić information content (AvgIpc) is 2.40. The molecule has 112 valence electrons. The highest BCUT2D eigenvalue weighted by Gasteiger charge is 2.18. The molecular weight excluding hydrogens is 265 g/mol. The molecule has 1 unspecified atom stereocenters. The molecular formula is C18H22FNO. The van der Waals surface area contributed by atoms with Crippen molar-refractivity contribution in [1.82, 2.24) is 5.32 Å². The predicted molar refractivity (Wildman–Crippen MR) is 84.2 cm³/mol. The van der Waals surface area contributed by atoms with Crippen LogP contribution in [0.25, 0.3) is 0 Å². The standard InChI is InChI=1S/C18H22FNO/c1-12(2)21-17-8-6-5-7-16(17)18(20-4)14-9-13(3)10-15(19)11-14/h5-12,18,20H,1-4H3. The van der Waals surface area contributed by atoms with Gasteiger partial charge in [0.15, 0.2) is 0 Å². The Morgan fingerprint density at radius 2 is 1.81 bits per heavy atom. The van der Waals surface area contributed by atoms with Gasteiger partial charge in [-0.1, -0.05) is 24.3 Å². The molecule has 0 aliphatic rings. The summed E-state index contributed by atoms with van der Waals surface area (Å²) in [5, 5.41) is 3.26. The number of ether oxygens (including phenoxy) is 1. The molecule has 0 bridgehead atoms. The van der Waals surface area contributed by atoms with Crippen LogP contribution in [0.2, 0.25) is 0 Å². The van der Waals surface area contributed by atoms with Crippen LogP contribution >= 0.6 is 0 Å². The van der Waals surface area contributed by atoms with E-state index >= 15 is 0 Å². The van der Waals surface area contributed by atoms with Crippen LogP contribution in [-0.4, -0.2) is 13.2 Å². The fourth-order valence-corrected chi connectivity index (χ4v) is 2.51. The van der Waals surface area contributed by atoms with Crippen LogP contribution in [0.1, 0.15) is 36.6 Å². The van der Waals surface area contributed by atoms with Crippen molar-refractivity contribution in [3.05, 3.63) is 65.0 Å². The third-order valence-electron chi connectivity index (χ3n) is 3.28. The second-order valence-corrected chi connectivity index (χ2v) is 5.49. The lowest BCUT2D eigenvalue weighted by atomic mass is 9.96. The minimum absolute atomic E-state index is 0.0953. The third kappa shape index (κ3) is 3.82. The van der Waals surface area contributed by atoms with Crippen molar-refractivity contribution in [3.8, 4) is 5.75 Å². The number of aryl methyl sites for hydroxylation is 1. The first-order valence-corrected chi connectivity index (χ1v) is 7.21. The van der Waals surface area contributed by atoms with E-state index in [0.29, 0.717) is 0 Å². The second-order valence-electron chi connectivity index (χ2n) is 5.49. The van der Waals surface area contributed by atoms with Crippen LogP contribution in [-0.2, 0) is 0 Å². The van der Waals surface area contributed by atoms with Gasteiger partial charge in [0.2, 0.25) is 0 Å². The highest BCUT2D eigenvalue weighted by molar-refractivity contribution is 5.42. The van der Waals surface area contributed by atoms with E-state index in [0.717, 1.165) is 22.4 Å². The van der Waals surface area contributed by atoms with E-state index in [4.69, 9.17) is 4.74 Å². The maximum atomic E-state index is 13.7. The van der Waals surface area contributed by atoms with E-state index in [1.54, 1.807) is 6.07 Å². The molecule has 0 saturated heterocycles. The molecule has 0 radical (unpaired) electrons. The molecule has 0 fully saturated rings. The fourth-order valence-electron chi connectivity index (χ4n) is 2.51. The summed E-state index contributed by atoms with van der Waals surface area (Å²) in [5.74, 6) is 0.612. The lowest BCUT2D eigenvalue weighted by Gasteiger charge is -2.22. The first-order valence-electron chi connectivity index (χ1n) is 7.21. The Morgan fingerprint density at radius 1 is 1.10 bits per heavy atom. The van der Waals surface area contributed by atoms with Crippen molar-refractivity contribution in [2.75, 3.05) is 7.05 Å². The topological polar surface area (TPSA) is 21.3 Å². The van der Waals surface area contributed by atoms with E-state index in [-0.39, 0.29) is 18.0 Å². The molecule has 2 rings (SSSR count). The lowest BCUT2D eigenvalue weighted by Crippen LogP contribution is -2.20. The van der Waals surface area contributed by atoms with Gasteiger partial charge in [-0.25, -0.2) is 4.39 Å². The van der Waals surface area contributed by atoms with Crippen LogP contribution in [0.3, 0.4) is 0 Å². The Kier molecular flexibility index (Phi) is 4.97. The monoisotopic (exact) mass is 287 g/mol. The van der Waals surface area contributed by atoms with Crippen molar-refractivity contribution in [2.24, 2.45) is 0 Å². The Labute approximate surface area is 126 Å². The number of halogens is 1. The quantitative estimate of drug-likeness (QED) is 0.888. The van der Waals surface area contributed by atoms with Gasteiger partial charge in [0.1, 0.15) is 11.6 Å². The largest absolute Gasteiger partial charge is 0.491 e. The fraction of sp³-hybridized carbons (Fsp3) is 0.333. The zero-order valence-corrected chi connectivity index (χ0v) is 13.0. The van der Waals surface area contributed by atoms with Crippen LogP contribution in [0.15, 0.2) is 42.5 Å². The van der Waals surface area contributed by atoms with Crippen molar-refractivity contribution >= 4 is 0 Å². The molecule has 0 amide bonds. The molecule has 0 aromatic heterocycles. The van der Waals surface area contributed by atoms with E-state index in [1.807, 2.05) is 58.2 Å². The van der Waals surface area contributed by atoms with E-state index in [1.165, 1.54) is 6.07 Å². The Bertz CT molecular complexity index is 590. The highest BCUT2D eigenvalue weighted by Crippen LogP contribution is 2.31. The van der Waals surface area contributed by atoms with Crippen LogP contribution in [0, 0.1) is 12.7 Å². The Morgan fingerprint density at radius 3 is 2.43 bits per heavy atom. The first kappa shape index (κ1) is 15.5. The molecule has 1 N–H and O–H groups in total. The summed E-state index contributed by atoms with van der Waals surface area (Å²) >= 11 is 0. The minimum Gasteiger partial charge on any atom is -0.491 e. The van der Waals surface area contributed by atoms with Gasteiger partial charge in [-0.2, -0.15) is 0 Å². The molecule has 3 heteroatoms. The van der Waals surface area contributed by atoms with Gasteiger partial charge in [0.25, 0.3) is 0 Å². The minimum atomic E-state index is -0.215. The van der Waals surface area contributed by atoms with Gasteiger partial charge in [-0.3, -0.25) is 0 Å². The highest BCUT2D eigenvalue weighted by atomic mass is 19.1. The van der Waals surface area contributed by atoms with E-state index < -0.39 is 0 Å². The predicted octanol–water partition coefficient (Wildman–Crippen LogP) is 4.23. The van der Waals surface area contributed by atoms with Gasteiger partial charge in [-0.05, 0) is 57.1 Å². The number of para-hydroxylation sites is 1. The Balaban J connectivity index is 2.46. The normalized spacial score (nSPS) is 12.5. The summed E-state index contributed by atoms with van der Waals surface area (Å²) in [6.07, 6.45) is 0.0953. The molecule has 0 saturated carbocycles. The third-order valence-corrected chi connectivity index (χ3v) is 3.28. The summed E-state index contributed by atoms with van der Waals surface area (Å²) in [6.45, 7) is 5.89. The summed E-state index contributed by atoms with van der Waals surface area (Å²) in [7, 11) is 1.87. The van der Waals surface area contributed by atoms with Crippen LogP contribution in [0.4, 0.5) is 4.39 Å². The lowest BCUT2D eigenvalue weighted by molar-refractivity contribution is 0.238. The maximum absolute atomic E-state index is 13.7. The van der Waals surface area contributed by atoms with Crippen LogP contribution in [0.5, 0.6) is 5.75 Å². The summed E-state index contributed by atoms with van der Waals surface area (Å²) in [6, 6.07) is 12.9. The van der Waals surface area contributed by atoms with Crippen molar-refractivity contribution in [2.45, 2.75) is 32.9 Å². The number of nitrogens with one attached hydrogen (secondary N) is 1. The number of hydrogen-bond acceptors (Lipinski definition) is 2. The number of rotatable bonds is 5. The van der Waals surface area contributed by atoms with E-state index in [2.05, 4.69) is 5.32 Å². The van der Waals surface area contributed by atoms with Crippen LogP contribution < -0.4 is 10.1 Å². The zero-order chi connectivity index (χ0) is 15.4. The van der Waals surface area contributed by atoms with Crippen molar-refractivity contribution in [3.63, 3.8) is 0 Å². The first-order chi connectivity index (χ1) is 10.0. The van der Waals surface area contributed by atoms with Gasteiger partial charge in [0.05, 0.1) is 12.1 Å². The van der Waals surface area contributed by atoms with Crippen molar-refractivity contribution in [1.29, 1.82) is 0 Å². The molecule has 0 heterocycles. The second kappa shape index (κ2) is 6.72. The number of benzene rings is 2. The van der Waals surface area contributed by atoms with Gasteiger partial charge in [-0.15, -0.1) is 0 Å². The van der Waals surface area contributed by atoms with E-state index in [9.17, 15) is 4.39 Å². The molecule has 1 atom stereocenters. The zero-order valence-electron chi connectivity index (χ0n) is 13.0. The van der Waals surface area contributed by atoms with Crippen molar-refractivity contribution < 1.29 is 9.13 Å². The molecule has 2 nitrogen and oxygen atoms in total. The van der Waals surface area contributed by atoms with Gasteiger partial charge < -0.3 is 10.1 Å². The smallest absolute Gasteiger partial charge is 0.124 e. The van der Waals surface area contributed by atoms with Gasteiger partial charge >= 0.3 is 0 Å². The molecule has 0 aliphatic carbocycles. The molecule has 0 aliphatic heterocycles. The summed E-state index contributed by atoms with van der Waals surface area (Å²) in [4.78, 5) is 0. The average molecular weight is 287 g/mol. The molecule has 21 heavy (non-hydrogen) atoms. The Hall–Kier alpha value is -1.87. The maximum Gasteiger partial charge on any atom is 0.124 e. The van der Waals surface area contributed by atoms with Gasteiger partial charge in [0, 0.05) is 5.56 Å². The number of hydrogen-bond donors (Lipinski definition) is 1. The molecule has 2 aromatic carbocycles. The summed E-state index contributed by atoms with van der Waals surface area (Å²) in [5.41, 5.74) is 2.82. The molecule has 2 aromatic rings. The summed E-state index contributed by atoms with van der Waals surface area (Å²) < 4.78 is 19.6.